The predicted octanol–water partition coefficient (Wildman–Crippen LogP) is 5.55. The average molecular weight is 332 g/mol. The van der Waals surface area contributed by atoms with Crippen LogP contribution in [0.5, 0.6) is 0 Å². The van der Waals surface area contributed by atoms with Crippen LogP contribution in [-0.2, 0) is 0 Å². The van der Waals surface area contributed by atoms with E-state index in [-0.39, 0.29) is 5.69 Å². The van der Waals surface area contributed by atoms with Crippen LogP contribution in [0.3, 0.4) is 0 Å². The van der Waals surface area contributed by atoms with Gasteiger partial charge in [-0.2, -0.15) is 0 Å². The Morgan fingerprint density at radius 2 is 1.60 bits per heavy atom. The fraction of sp³-hybridized carbons (Fsp3) is 0. The van der Waals surface area contributed by atoms with Gasteiger partial charge in [-0.1, -0.05) is 48.5 Å². The van der Waals surface area contributed by atoms with Crippen LogP contribution in [0.1, 0.15) is 0 Å². The Morgan fingerprint density at radius 1 is 0.880 bits per heavy atom. The summed E-state index contributed by atoms with van der Waals surface area (Å²) < 4.78 is 14.6. The molecule has 0 aliphatic carbocycles. The molecule has 122 valence electrons. The van der Waals surface area contributed by atoms with Gasteiger partial charge in [0.05, 0.1) is 16.2 Å². The topological polar surface area (TPSA) is 58.9 Å². The summed E-state index contributed by atoms with van der Waals surface area (Å²) in [5.74, 6) is -0.413. The lowest BCUT2D eigenvalue weighted by atomic mass is 9.97. The Bertz CT molecular complexity index is 1090. The van der Waals surface area contributed by atoms with E-state index in [4.69, 9.17) is 0 Å². The summed E-state index contributed by atoms with van der Waals surface area (Å²) in [7, 11) is 0. The number of rotatable bonds is 3. The smallest absolute Gasteiger partial charge is 0.277 e. The molecule has 25 heavy (non-hydrogen) atoms. The molecule has 1 N–H and O–H groups in total. The molecule has 0 atom stereocenters. The Morgan fingerprint density at radius 3 is 2.36 bits per heavy atom. The van der Waals surface area contributed by atoms with Crippen LogP contribution in [0, 0.1) is 15.9 Å². The van der Waals surface area contributed by atoms with Crippen LogP contribution < -0.4 is 0 Å². The first kappa shape index (κ1) is 15.1. The van der Waals surface area contributed by atoms with Crippen molar-refractivity contribution < 1.29 is 9.31 Å². The van der Waals surface area contributed by atoms with Crippen LogP contribution in [-0.4, -0.2) is 9.91 Å². The van der Waals surface area contributed by atoms with Gasteiger partial charge in [0.25, 0.3) is 5.69 Å². The van der Waals surface area contributed by atoms with Gasteiger partial charge in [-0.25, -0.2) is 4.39 Å². The molecule has 0 fully saturated rings. The van der Waals surface area contributed by atoms with Crippen molar-refractivity contribution >= 4 is 16.6 Å². The monoisotopic (exact) mass is 332 g/mol. The van der Waals surface area contributed by atoms with E-state index in [0.29, 0.717) is 27.7 Å². The van der Waals surface area contributed by atoms with Crippen molar-refractivity contribution in [2.24, 2.45) is 0 Å². The van der Waals surface area contributed by atoms with E-state index in [1.807, 2.05) is 30.3 Å². The summed E-state index contributed by atoms with van der Waals surface area (Å²) >= 11 is 0. The molecular formula is C20H13FN2O2. The zero-order chi connectivity index (χ0) is 17.4. The van der Waals surface area contributed by atoms with Crippen LogP contribution in [0.25, 0.3) is 33.3 Å². The van der Waals surface area contributed by atoms with Crippen LogP contribution in [0.4, 0.5) is 10.1 Å². The number of benzene rings is 3. The van der Waals surface area contributed by atoms with Crippen molar-refractivity contribution in [3.05, 3.63) is 88.7 Å². The van der Waals surface area contributed by atoms with Gasteiger partial charge in [0.2, 0.25) is 0 Å². The average Bonchev–Trinajstić information content (AvgIpc) is 3.03. The highest BCUT2D eigenvalue weighted by Gasteiger charge is 2.23. The maximum Gasteiger partial charge on any atom is 0.277 e. The molecule has 0 radical (unpaired) electrons. The quantitative estimate of drug-likeness (QED) is 0.395. The molecule has 0 bridgehead atoms. The number of nitro benzene ring substituents is 1. The van der Waals surface area contributed by atoms with Crippen molar-refractivity contribution in [2.45, 2.75) is 0 Å². The number of aromatic amines is 1. The van der Waals surface area contributed by atoms with Crippen molar-refractivity contribution in [1.82, 2.24) is 4.98 Å². The minimum absolute atomic E-state index is 0.0520. The van der Waals surface area contributed by atoms with E-state index < -0.39 is 10.7 Å². The maximum atomic E-state index is 14.6. The number of nitrogens with zero attached hydrogens (tertiary/aromatic N) is 1. The first-order valence-corrected chi connectivity index (χ1v) is 7.76. The summed E-state index contributed by atoms with van der Waals surface area (Å²) in [5.41, 5.74) is 2.95. The highest BCUT2D eigenvalue weighted by Crippen LogP contribution is 2.42. The van der Waals surface area contributed by atoms with E-state index in [9.17, 15) is 14.5 Å². The second-order valence-electron chi connectivity index (χ2n) is 5.68. The molecular weight excluding hydrogens is 319 g/mol. The van der Waals surface area contributed by atoms with Gasteiger partial charge in [-0.15, -0.1) is 0 Å². The molecule has 0 aliphatic rings. The molecule has 4 nitrogen and oxygen atoms in total. The first-order valence-electron chi connectivity index (χ1n) is 7.76. The summed E-state index contributed by atoms with van der Waals surface area (Å²) in [6.07, 6.45) is 0. The summed E-state index contributed by atoms with van der Waals surface area (Å²) in [6, 6.07) is 20.6. The Kier molecular flexibility index (Phi) is 3.54. The normalized spacial score (nSPS) is 10.9. The fourth-order valence-electron chi connectivity index (χ4n) is 3.14. The number of para-hydroxylation sites is 1. The Balaban J connectivity index is 2.14. The minimum atomic E-state index is -0.441. The third-order valence-electron chi connectivity index (χ3n) is 4.21. The molecule has 0 amide bonds. The molecule has 0 aliphatic heterocycles. The molecule has 3 aromatic carbocycles. The summed E-state index contributed by atoms with van der Waals surface area (Å²) in [4.78, 5) is 14.3. The second kappa shape index (κ2) is 5.87. The summed E-state index contributed by atoms with van der Waals surface area (Å²) in [6.45, 7) is 0. The molecule has 0 saturated heterocycles. The summed E-state index contributed by atoms with van der Waals surface area (Å²) in [5, 5.41) is 11.8. The number of hydrogen-bond acceptors (Lipinski definition) is 2. The van der Waals surface area contributed by atoms with Crippen molar-refractivity contribution in [1.29, 1.82) is 0 Å². The van der Waals surface area contributed by atoms with E-state index in [2.05, 4.69) is 4.98 Å². The third kappa shape index (κ3) is 2.46. The number of aromatic nitrogens is 1. The molecule has 0 saturated carbocycles. The molecule has 5 heteroatoms. The third-order valence-corrected chi connectivity index (χ3v) is 4.21. The second-order valence-corrected chi connectivity index (χ2v) is 5.68. The highest BCUT2D eigenvalue weighted by atomic mass is 19.1. The number of halogens is 1. The van der Waals surface area contributed by atoms with Crippen LogP contribution >= 0.6 is 0 Å². The van der Waals surface area contributed by atoms with Crippen molar-refractivity contribution in [3.63, 3.8) is 0 Å². The van der Waals surface area contributed by atoms with E-state index in [1.165, 1.54) is 12.1 Å². The van der Waals surface area contributed by atoms with Gasteiger partial charge in [0, 0.05) is 22.5 Å². The van der Waals surface area contributed by atoms with Gasteiger partial charge >= 0.3 is 0 Å². The number of nitro groups is 1. The lowest BCUT2D eigenvalue weighted by molar-refractivity contribution is -0.384. The molecule has 0 unspecified atom stereocenters. The van der Waals surface area contributed by atoms with Crippen molar-refractivity contribution in [3.8, 4) is 22.4 Å². The molecule has 4 rings (SSSR count). The zero-order valence-corrected chi connectivity index (χ0v) is 13.1. The molecule has 1 aromatic heterocycles. The lowest BCUT2D eigenvalue weighted by Gasteiger charge is -2.07. The first-order chi connectivity index (χ1) is 12.2. The van der Waals surface area contributed by atoms with E-state index in [0.717, 1.165) is 5.56 Å². The number of fused-ring (bicyclic) bond motifs is 1. The number of H-pyrrole nitrogens is 1. The van der Waals surface area contributed by atoms with Gasteiger partial charge in [-0.3, -0.25) is 10.1 Å². The predicted molar refractivity (Wildman–Crippen MR) is 95.8 cm³/mol. The lowest BCUT2D eigenvalue weighted by Crippen LogP contribution is -1.93. The van der Waals surface area contributed by atoms with Crippen LogP contribution in [0.15, 0.2) is 72.8 Å². The minimum Gasteiger partial charge on any atom is -0.354 e. The molecule has 4 aromatic rings. The van der Waals surface area contributed by atoms with E-state index in [1.54, 1.807) is 30.3 Å². The standard InChI is InChI=1S/C20H13FN2O2/c21-15-10-6-11-16-19(15)18(14-9-4-5-12-17(14)23(24)25)20(22-16)13-7-2-1-3-8-13/h1-12,22H. The Hall–Kier alpha value is -3.47. The Labute approximate surface area is 142 Å². The SMILES string of the molecule is O=[N+]([O-])c1ccccc1-c1c(-c2ccccc2)[nH]c2cccc(F)c12. The fourth-order valence-corrected chi connectivity index (χ4v) is 3.14. The molecule has 1 heterocycles. The number of nitrogens with one attached hydrogen (secondary N) is 1. The maximum absolute atomic E-state index is 14.6. The molecule has 0 spiro atoms. The van der Waals surface area contributed by atoms with Gasteiger partial charge in [0.15, 0.2) is 0 Å². The van der Waals surface area contributed by atoms with Gasteiger partial charge in [-0.05, 0) is 23.8 Å². The van der Waals surface area contributed by atoms with E-state index >= 15 is 0 Å². The zero-order valence-electron chi connectivity index (χ0n) is 13.1. The number of hydrogen-bond donors (Lipinski definition) is 1. The van der Waals surface area contributed by atoms with Gasteiger partial charge < -0.3 is 4.98 Å². The van der Waals surface area contributed by atoms with Crippen molar-refractivity contribution in [2.75, 3.05) is 0 Å². The van der Waals surface area contributed by atoms with Gasteiger partial charge in [0.1, 0.15) is 5.82 Å². The van der Waals surface area contributed by atoms with Crippen LogP contribution in [0.2, 0.25) is 0 Å². The largest absolute Gasteiger partial charge is 0.354 e. The highest BCUT2D eigenvalue weighted by molar-refractivity contribution is 6.05.